The number of aryl methyl sites for hydroxylation is 4. The highest BCUT2D eigenvalue weighted by atomic mass is 19.3. The number of fused-ring (bicyclic) bond motifs is 4. The largest absolute Gasteiger partial charge is 0.444 e. The molecule has 1 unspecified atom stereocenters. The van der Waals surface area contributed by atoms with Crippen LogP contribution in [0.1, 0.15) is 268 Å². The minimum atomic E-state index is -2.59. The molecule has 4 aliphatic carbocycles. The molecule has 0 radical (unpaired) electrons. The Balaban J connectivity index is 0.000000144. The first-order valence-electron chi connectivity index (χ1n) is 49.0. The molecule has 26 heteroatoms. The smallest absolute Gasteiger partial charge is 0.407 e. The van der Waals surface area contributed by atoms with Gasteiger partial charge in [0.25, 0.3) is 5.92 Å². The van der Waals surface area contributed by atoms with Crippen molar-refractivity contribution in [2.24, 2.45) is 11.8 Å². The van der Waals surface area contributed by atoms with Gasteiger partial charge in [0, 0.05) is 173 Å². The van der Waals surface area contributed by atoms with Gasteiger partial charge in [-0.3, -0.25) is 19.2 Å². The van der Waals surface area contributed by atoms with Crippen molar-refractivity contribution in [3.8, 4) is 0 Å². The van der Waals surface area contributed by atoms with Gasteiger partial charge in [0.15, 0.2) is 0 Å². The highest BCUT2D eigenvalue weighted by molar-refractivity contribution is 5.84. The lowest BCUT2D eigenvalue weighted by molar-refractivity contribution is -0.135. The number of rotatable bonds is 26. The molecule has 4 saturated heterocycles. The quantitative estimate of drug-likeness (QED) is 0.0536. The van der Waals surface area contributed by atoms with Crippen LogP contribution in [0, 0.1) is 11.8 Å². The van der Waals surface area contributed by atoms with E-state index in [4.69, 9.17) is 24.7 Å². The van der Waals surface area contributed by atoms with Crippen LogP contribution in [0.5, 0.6) is 0 Å². The number of aromatic nitrogens is 8. The third-order valence-corrected chi connectivity index (χ3v) is 28.2. The second-order valence-electron chi connectivity index (χ2n) is 38.0. The number of halogens is 3. The van der Waals surface area contributed by atoms with Gasteiger partial charge in [-0.25, -0.2) is 37.9 Å². The van der Waals surface area contributed by atoms with Crippen molar-refractivity contribution in [2.75, 3.05) is 98.1 Å². The lowest BCUT2D eigenvalue weighted by atomic mass is 9.93. The summed E-state index contributed by atoms with van der Waals surface area (Å²) in [5, 5.41) is 3.04. The molecule has 16 rings (SSSR count). The highest BCUT2D eigenvalue weighted by Crippen LogP contribution is 2.37. The summed E-state index contributed by atoms with van der Waals surface area (Å²) in [6.45, 7) is 29.4. The standard InChI is InChI=1S/C28H43N5O3.C25H37FN4O.C24H36N4O.C23H32F2N4O/c1-5-32(22-13-7-6-8-14-22)25(34)17-19-33-24-16-10-9-15-23(24)30-26(33)31-18-11-12-21(20-31)29-27(35)36-28(2,3)4;1-3-29(21-9-5-4-6-10-21)24(31)15-18-30-23-12-8-7-11-22(23)27-25(30)28-16-13-20(14-17-28)19(2)26;1-3-27(20-9-5-4-6-10-20)23(29)15-18-28-22-12-8-7-11-21(22)25-24(28)26-16-13-19(2)14-17-26;1-2-28(18-8-4-3-5-9-18)21(30)12-15-29-20-11-7-6-10-19(20)26-22(29)27-16-13-23(24,25)14-17-27/h9-10,15-16,21-22H,5-8,11-14,17-20H2,1-4H3,(H,29,35);7-8,11-12,19-21H,3-6,9-10,13-18H2,1-2H3;7-8,11-12,19-20H,3-6,9-10,13-18H2,1-2H3;6-7,10-11,18H,2-5,8-9,12-17H2,1H3/t21-;;;/m0.../s1. The predicted octanol–water partition coefficient (Wildman–Crippen LogP) is 20.0. The number of alkyl halides is 3. The van der Waals surface area contributed by atoms with Crippen molar-refractivity contribution < 1.29 is 41.9 Å². The van der Waals surface area contributed by atoms with E-state index in [1.807, 2.05) is 95.8 Å². The average Bonchev–Trinajstić information content (AvgIpc) is 1.65. The van der Waals surface area contributed by atoms with E-state index >= 15 is 0 Å². The Hall–Kier alpha value is -9.10. The van der Waals surface area contributed by atoms with Crippen molar-refractivity contribution in [2.45, 2.75) is 342 Å². The van der Waals surface area contributed by atoms with E-state index in [9.17, 15) is 37.1 Å². The monoisotopic (exact) mass is 1740 g/mol. The molecule has 4 aliphatic heterocycles. The molecule has 4 saturated carbocycles. The number of alkyl carbamates (subject to hydrolysis) is 1. The molecule has 8 fully saturated rings. The van der Waals surface area contributed by atoms with E-state index in [0.717, 1.165) is 191 Å². The number of carbonyl (C=O) groups is 5. The SMILES string of the molecule is CCN(C(=O)CCn1c(N2CCC(C(C)F)CC2)nc2ccccc21)C1CCCCC1.CCN(C(=O)CCn1c(N2CCC(C)CC2)nc2ccccc21)C1CCCCC1.CCN(C(=O)CCn1c(N2CCC(F)(F)CC2)nc2ccccc21)C1CCCCC1.CCN(C(=O)CCn1c(N2CCC[C@H](NC(=O)OC(C)(C)C)C2)nc2ccccc21)C1CCCCC1. The highest BCUT2D eigenvalue weighted by Gasteiger charge is 2.38. The maximum Gasteiger partial charge on any atom is 0.407 e. The van der Waals surface area contributed by atoms with Gasteiger partial charge in [-0.2, -0.15) is 0 Å². The molecule has 8 aliphatic rings. The van der Waals surface area contributed by atoms with Gasteiger partial charge in [-0.15, -0.1) is 0 Å². The molecule has 5 amide bonds. The molecule has 0 bridgehead atoms. The number of carbonyl (C=O) groups excluding carboxylic acids is 5. The number of ether oxygens (including phenoxy) is 1. The van der Waals surface area contributed by atoms with Crippen LogP contribution in [0.4, 0.5) is 41.8 Å². The van der Waals surface area contributed by atoms with Gasteiger partial charge in [-0.1, -0.05) is 133 Å². The Labute approximate surface area is 747 Å². The Kier molecular flexibility index (Phi) is 33.9. The molecule has 0 spiro atoms. The summed E-state index contributed by atoms with van der Waals surface area (Å²) in [5.74, 6) is 2.87. The van der Waals surface area contributed by atoms with Crippen LogP contribution in [0.2, 0.25) is 0 Å². The van der Waals surface area contributed by atoms with E-state index in [1.54, 1.807) is 6.92 Å². The van der Waals surface area contributed by atoms with Crippen molar-refractivity contribution >= 4 is 97.6 Å². The summed E-state index contributed by atoms with van der Waals surface area (Å²) in [4.78, 5) is 102. The van der Waals surface area contributed by atoms with Gasteiger partial charge in [0.1, 0.15) is 11.8 Å². The number of piperidine rings is 4. The average molecular weight is 1740 g/mol. The van der Waals surface area contributed by atoms with Gasteiger partial charge in [0.2, 0.25) is 47.4 Å². The number of imidazole rings is 4. The zero-order chi connectivity index (χ0) is 88.9. The Morgan fingerprint density at radius 3 is 1.01 bits per heavy atom. The molecule has 1 N–H and O–H groups in total. The fourth-order valence-electron chi connectivity index (χ4n) is 21.2. The molecule has 126 heavy (non-hydrogen) atoms. The second kappa shape index (κ2) is 45.2. The summed E-state index contributed by atoms with van der Waals surface area (Å²) in [7, 11) is 0. The van der Waals surface area contributed by atoms with Crippen LogP contribution >= 0.6 is 0 Å². The van der Waals surface area contributed by atoms with E-state index in [0.29, 0.717) is 94.4 Å². The summed E-state index contributed by atoms with van der Waals surface area (Å²) < 4.78 is 55.3. The number of nitrogens with zero attached hydrogens (tertiary/aromatic N) is 16. The van der Waals surface area contributed by atoms with Gasteiger partial charge in [-0.05, 0) is 206 Å². The maximum absolute atomic E-state index is 13.8. The Morgan fingerprint density at radius 1 is 0.413 bits per heavy atom. The van der Waals surface area contributed by atoms with Crippen molar-refractivity contribution in [1.82, 2.24) is 63.1 Å². The minimum Gasteiger partial charge on any atom is -0.444 e. The molecule has 4 aromatic carbocycles. The van der Waals surface area contributed by atoms with E-state index < -0.39 is 17.7 Å². The van der Waals surface area contributed by atoms with Crippen LogP contribution in [0.25, 0.3) is 44.1 Å². The molecule has 8 heterocycles. The van der Waals surface area contributed by atoms with Crippen molar-refractivity contribution in [1.29, 1.82) is 0 Å². The van der Waals surface area contributed by atoms with Crippen LogP contribution in [0.15, 0.2) is 97.1 Å². The van der Waals surface area contributed by atoms with Gasteiger partial charge < -0.3 is 67.5 Å². The molecular weight excluding hydrogens is 1590 g/mol. The predicted molar refractivity (Wildman–Crippen MR) is 502 cm³/mol. The molecule has 4 aromatic heterocycles. The number of amides is 5. The van der Waals surface area contributed by atoms with Gasteiger partial charge >= 0.3 is 6.09 Å². The van der Waals surface area contributed by atoms with E-state index in [2.05, 4.69) is 119 Å². The molecule has 23 nitrogen and oxygen atoms in total. The number of para-hydroxylation sites is 8. The fourth-order valence-corrected chi connectivity index (χ4v) is 21.2. The Bertz CT molecular complexity index is 4770. The lowest BCUT2D eigenvalue weighted by Crippen LogP contribution is -2.49. The first kappa shape index (κ1) is 94.5. The number of anilines is 4. The first-order valence-corrected chi connectivity index (χ1v) is 49.0. The van der Waals surface area contributed by atoms with E-state index in [1.165, 1.54) is 103 Å². The second-order valence-corrected chi connectivity index (χ2v) is 38.0. The normalized spacial score (nSPS) is 19.5. The number of nitrogens with one attached hydrogen (secondary N) is 1. The fraction of sp³-hybridized carbons (Fsp3) is 0.670. The van der Waals surface area contributed by atoms with Gasteiger partial charge in [0.05, 0.1) is 44.1 Å². The summed E-state index contributed by atoms with van der Waals surface area (Å²) in [6.07, 6.45) is 30.5. The Morgan fingerprint density at radius 2 is 0.706 bits per heavy atom. The van der Waals surface area contributed by atoms with Crippen LogP contribution in [-0.4, -0.2) is 214 Å². The number of hydrogen-bond acceptors (Lipinski definition) is 14. The van der Waals surface area contributed by atoms with Crippen LogP contribution in [0.3, 0.4) is 0 Å². The van der Waals surface area contributed by atoms with Crippen LogP contribution < -0.4 is 24.9 Å². The minimum absolute atomic E-state index is 0.00891. The lowest BCUT2D eigenvalue weighted by Gasteiger charge is -2.35. The third-order valence-electron chi connectivity index (χ3n) is 28.2. The number of benzene rings is 4. The van der Waals surface area contributed by atoms with E-state index in [-0.39, 0.29) is 61.7 Å². The van der Waals surface area contributed by atoms with Crippen molar-refractivity contribution in [3.05, 3.63) is 97.1 Å². The summed E-state index contributed by atoms with van der Waals surface area (Å²) >= 11 is 0. The summed E-state index contributed by atoms with van der Waals surface area (Å²) in [6, 6.07) is 34.1. The third kappa shape index (κ3) is 24.7. The summed E-state index contributed by atoms with van der Waals surface area (Å²) in [5.41, 5.74) is 7.48. The molecule has 2 atom stereocenters. The molecule has 690 valence electrons. The zero-order valence-corrected chi connectivity index (χ0v) is 77.5. The van der Waals surface area contributed by atoms with Crippen LogP contribution in [-0.2, 0) is 50.1 Å². The molecule has 8 aromatic rings. The van der Waals surface area contributed by atoms with Crippen molar-refractivity contribution in [3.63, 3.8) is 0 Å². The molecular formula is C100H148F3N17O6. The number of hydrogen-bond donors (Lipinski definition) is 1. The maximum atomic E-state index is 13.8. The topological polar surface area (TPSA) is 204 Å². The zero-order valence-electron chi connectivity index (χ0n) is 77.5. The first-order chi connectivity index (χ1) is 61.0.